The van der Waals surface area contributed by atoms with Gasteiger partial charge in [-0.3, -0.25) is 0 Å². The van der Waals surface area contributed by atoms with Crippen LogP contribution in [0.5, 0.6) is 0 Å². The third-order valence-corrected chi connectivity index (χ3v) is 2.72. The maximum absolute atomic E-state index is 11.7. The van der Waals surface area contributed by atoms with Crippen LogP contribution in [-0.2, 0) is 6.54 Å². The number of hydrogen-bond acceptors (Lipinski definition) is 4. The molecule has 0 saturated carbocycles. The van der Waals surface area contributed by atoms with E-state index in [1.54, 1.807) is 4.90 Å². The lowest BCUT2D eigenvalue weighted by molar-refractivity contribution is 0.0690. The number of carboxylic acid groups (broad SMARTS) is 1. The largest absolute Gasteiger partial charge is 0.476 e. The SMILES string of the molecule is O=C(O)c1cn(CCNC(=O)N2CC=CCC2)nn1. The highest BCUT2D eigenvalue weighted by molar-refractivity contribution is 5.84. The molecule has 0 bridgehead atoms. The van der Waals surface area contributed by atoms with Gasteiger partial charge < -0.3 is 15.3 Å². The molecule has 0 fully saturated rings. The van der Waals surface area contributed by atoms with Crippen LogP contribution < -0.4 is 5.32 Å². The van der Waals surface area contributed by atoms with Gasteiger partial charge in [0.25, 0.3) is 0 Å². The van der Waals surface area contributed by atoms with Gasteiger partial charge in [-0.2, -0.15) is 0 Å². The summed E-state index contributed by atoms with van der Waals surface area (Å²) < 4.78 is 1.39. The summed E-state index contributed by atoms with van der Waals surface area (Å²) in [6, 6.07) is -0.122. The summed E-state index contributed by atoms with van der Waals surface area (Å²) in [7, 11) is 0. The van der Waals surface area contributed by atoms with Crippen molar-refractivity contribution in [2.45, 2.75) is 13.0 Å². The fraction of sp³-hybridized carbons (Fsp3) is 0.455. The first-order chi connectivity index (χ1) is 9.16. The van der Waals surface area contributed by atoms with E-state index in [4.69, 9.17) is 5.11 Å². The van der Waals surface area contributed by atoms with Crippen LogP contribution >= 0.6 is 0 Å². The van der Waals surface area contributed by atoms with Crippen molar-refractivity contribution in [1.29, 1.82) is 0 Å². The van der Waals surface area contributed by atoms with Crippen LogP contribution in [0.4, 0.5) is 4.79 Å². The number of nitrogens with zero attached hydrogens (tertiary/aromatic N) is 4. The molecule has 1 aliphatic rings. The molecule has 8 nitrogen and oxygen atoms in total. The van der Waals surface area contributed by atoms with Crippen LogP contribution in [0.1, 0.15) is 16.9 Å². The number of aromatic nitrogens is 3. The van der Waals surface area contributed by atoms with Gasteiger partial charge in [-0.05, 0) is 6.42 Å². The molecular weight excluding hydrogens is 250 g/mol. The molecule has 2 rings (SSSR count). The Morgan fingerprint density at radius 3 is 2.89 bits per heavy atom. The summed E-state index contributed by atoms with van der Waals surface area (Å²) in [5.74, 6) is -1.12. The van der Waals surface area contributed by atoms with Gasteiger partial charge in [0, 0.05) is 19.6 Å². The molecule has 0 saturated heterocycles. The Bertz CT molecular complexity index is 496. The van der Waals surface area contributed by atoms with Gasteiger partial charge in [-0.15, -0.1) is 5.10 Å². The van der Waals surface area contributed by atoms with Crippen molar-refractivity contribution < 1.29 is 14.7 Å². The van der Waals surface area contributed by atoms with Gasteiger partial charge in [0.15, 0.2) is 5.69 Å². The van der Waals surface area contributed by atoms with Crippen LogP contribution in [0.25, 0.3) is 0 Å². The highest BCUT2D eigenvalue weighted by Gasteiger charge is 2.13. The van der Waals surface area contributed by atoms with Crippen molar-refractivity contribution in [3.63, 3.8) is 0 Å². The van der Waals surface area contributed by atoms with E-state index in [-0.39, 0.29) is 11.7 Å². The Kier molecular flexibility index (Phi) is 4.11. The highest BCUT2D eigenvalue weighted by atomic mass is 16.4. The molecule has 0 atom stereocenters. The van der Waals surface area contributed by atoms with Crippen molar-refractivity contribution in [3.05, 3.63) is 24.0 Å². The standard InChI is InChI=1S/C11H15N5O3/c17-10(18)9-8-16(14-13-9)7-4-12-11(19)15-5-2-1-3-6-15/h1-2,8H,3-7H2,(H,12,19)(H,17,18). The topological polar surface area (TPSA) is 100 Å². The van der Waals surface area contributed by atoms with Gasteiger partial charge in [-0.25, -0.2) is 14.3 Å². The number of carbonyl (C=O) groups is 2. The summed E-state index contributed by atoms with van der Waals surface area (Å²) >= 11 is 0. The van der Waals surface area contributed by atoms with E-state index in [2.05, 4.69) is 15.6 Å². The van der Waals surface area contributed by atoms with Crippen molar-refractivity contribution in [2.75, 3.05) is 19.6 Å². The number of aromatic carboxylic acids is 1. The summed E-state index contributed by atoms with van der Waals surface area (Å²) in [6.07, 6.45) is 6.21. The van der Waals surface area contributed by atoms with Gasteiger partial charge >= 0.3 is 12.0 Å². The van der Waals surface area contributed by atoms with E-state index < -0.39 is 5.97 Å². The first kappa shape index (κ1) is 13.1. The fourth-order valence-corrected chi connectivity index (χ4v) is 1.72. The zero-order chi connectivity index (χ0) is 13.7. The number of hydrogen-bond donors (Lipinski definition) is 2. The third-order valence-electron chi connectivity index (χ3n) is 2.72. The monoisotopic (exact) mass is 265 g/mol. The first-order valence-corrected chi connectivity index (χ1v) is 5.98. The van der Waals surface area contributed by atoms with Crippen molar-refractivity contribution in [1.82, 2.24) is 25.2 Å². The lowest BCUT2D eigenvalue weighted by Crippen LogP contribution is -2.42. The second-order valence-corrected chi connectivity index (χ2v) is 4.11. The smallest absolute Gasteiger partial charge is 0.358 e. The van der Waals surface area contributed by atoms with Crippen LogP contribution in [-0.4, -0.2) is 56.6 Å². The predicted octanol–water partition coefficient (Wildman–Crippen LogP) is -0.0522. The number of carbonyl (C=O) groups excluding carboxylic acids is 1. The molecule has 1 aromatic heterocycles. The minimum Gasteiger partial charge on any atom is -0.476 e. The second kappa shape index (κ2) is 5.98. The Morgan fingerprint density at radius 1 is 1.42 bits per heavy atom. The van der Waals surface area contributed by atoms with E-state index >= 15 is 0 Å². The zero-order valence-corrected chi connectivity index (χ0v) is 10.3. The van der Waals surface area contributed by atoms with Crippen LogP contribution in [0.3, 0.4) is 0 Å². The molecule has 0 radical (unpaired) electrons. The van der Waals surface area contributed by atoms with E-state index in [0.717, 1.165) is 13.0 Å². The molecule has 1 aromatic rings. The molecule has 2 heterocycles. The summed E-state index contributed by atoms with van der Waals surface area (Å²) in [5.41, 5.74) is -0.104. The molecule has 2 N–H and O–H groups in total. The molecule has 0 aromatic carbocycles. The molecule has 0 spiro atoms. The van der Waals surface area contributed by atoms with Gasteiger partial charge in [0.2, 0.25) is 0 Å². The van der Waals surface area contributed by atoms with Crippen molar-refractivity contribution in [3.8, 4) is 0 Å². The third kappa shape index (κ3) is 3.54. The van der Waals surface area contributed by atoms with Crippen LogP contribution in [0.2, 0.25) is 0 Å². The predicted molar refractivity (Wildman–Crippen MR) is 65.7 cm³/mol. The lowest BCUT2D eigenvalue weighted by atomic mass is 10.3. The summed E-state index contributed by atoms with van der Waals surface area (Å²) in [6.45, 7) is 2.10. The minimum atomic E-state index is -1.12. The van der Waals surface area contributed by atoms with E-state index in [1.807, 2.05) is 12.2 Å². The average molecular weight is 265 g/mol. The second-order valence-electron chi connectivity index (χ2n) is 4.11. The Morgan fingerprint density at radius 2 is 2.26 bits per heavy atom. The zero-order valence-electron chi connectivity index (χ0n) is 10.3. The van der Waals surface area contributed by atoms with Gasteiger partial charge in [0.1, 0.15) is 0 Å². The normalized spacial score (nSPS) is 14.4. The Balaban J connectivity index is 1.74. The maximum atomic E-state index is 11.7. The molecule has 102 valence electrons. The summed E-state index contributed by atoms with van der Waals surface area (Å²) in [5, 5.41) is 18.6. The quantitative estimate of drug-likeness (QED) is 0.743. The van der Waals surface area contributed by atoms with E-state index in [9.17, 15) is 9.59 Å². The van der Waals surface area contributed by atoms with Gasteiger partial charge in [-0.1, -0.05) is 17.4 Å². The number of nitrogens with one attached hydrogen (secondary N) is 1. The highest BCUT2D eigenvalue weighted by Crippen LogP contribution is 2.00. The minimum absolute atomic E-state index is 0.104. The molecule has 2 amide bonds. The molecule has 0 unspecified atom stereocenters. The lowest BCUT2D eigenvalue weighted by Gasteiger charge is -2.23. The molecule has 19 heavy (non-hydrogen) atoms. The maximum Gasteiger partial charge on any atom is 0.358 e. The first-order valence-electron chi connectivity index (χ1n) is 5.98. The molecule has 0 aliphatic carbocycles. The number of rotatable bonds is 4. The molecule has 8 heteroatoms. The van der Waals surface area contributed by atoms with Crippen LogP contribution in [0, 0.1) is 0 Å². The molecule has 1 aliphatic heterocycles. The number of urea groups is 1. The Labute approximate surface area is 109 Å². The number of carboxylic acids is 1. The molecular formula is C11H15N5O3. The Hall–Kier alpha value is -2.38. The fourth-order valence-electron chi connectivity index (χ4n) is 1.72. The summed E-state index contributed by atoms with van der Waals surface area (Å²) in [4.78, 5) is 24.1. The van der Waals surface area contributed by atoms with E-state index in [1.165, 1.54) is 10.9 Å². The van der Waals surface area contributed by atoms with E-state index in [0.29, 0.717) is 19.6 Å². The van der Waals surface area contributed by atoms with Gasteiger partial charge in [0.05, 0.1) is 12.7 Å². The van der Waals surface area contributed by atoms with Crippen molar-refractivity contribution >= 4 is 12.0 Å². The average Bonchev–Trinajstić information content (AvgIpc) is 2.89. The van der Waals surface area contributed by atoms with Crippen molar-refractivity contribution in [2.24, 2.45) is 0 Å². The number of amides is 2. The van der Waals surface area contributed by atoms with Crippen LogP contribution in [0.15, 0.2) is 18.3 Å².